The molecule has 2 rings (SSSR count). The second-order valence-electron chi connectivity index (χ2n) is 4.20. The van der Waals surface area contributed by atoms with E-state index in [1.165, 1.54) is 5.56 Å². The van der Waals surface area contributed by atoms with Gasteiger partial charge in [0.05, 0.1) is 6.04 Å². The van der Waals surface area contributed by atoms with Crippen molar-refractivity contribution in [3.8, 4) is 0 Å². The Hall–Kier alpha value is -2.07. The van der Waals surface area contributed by atoms with Gasteiger partial charge in [-0.15, -0.1) is 0 Å². The first-order chi connectivity index (χ1) is 8.75. The molecule has 0 saturated heterocycles. The molecule has 2 aromatic rings. The van der Waals surface area contributed by atoms with Gasteiger partial charge in [-0.25, -0.2) is 0 Å². The van der Waals surface area contributed by atoms with Crippen molar-refractivity contribution in [2.24, 2.45) is 5.73 Å². The normalized spacial score (nSPS) is 12.1. The van der Waals surface area contributed by atoms with Crippen molar-refractivity contribution >= 4 is 5.91 Å². The molecule has 3 N–H and O–H groups in total. The molecule has 0 aliphatic rings. The molecule has 4 nitrogen and oxygen atoms in total. The van der Waals surface area contributed by atoms with Crippen molar-refractivity contribution in [2.45, 2.75) is 18.9 Å². The lowest BCUT2D eigenvalue weighted by atomic mass is 10.1. The van der Waals surface area contributed by atoms with Crippen molar-refractivity contribution in [2.75, 3.05) is 5.43 Å². The topological polar surface area (TPSA) is 60.1 Å². The summed E-state index contributed by atoms with van der Waals surface area (Å²) in [6, 6.07) is 13.2. The highest BCUT2D eigenvalue weighted by atomic mass is 16.2. The third-order valence-electron chi connectivity index (χ3n) is 2.77. The molecule has 1 heterocycles. The summed E-state index contributed by atoms with van der Waals surface area (Å²) in [6.45, 7) is 0. The lowest BCUT2D eigenvalue weighted by Gasteiger charge is -2.12. The maximum Gasteiger partial charge on any atom is 0.255 e. The number of rotatable bonds is 5. The molecule has 0 aliphatic carbocycles. The maximum absolute atomic E-state index is 11.8. The quantitative estimate of drug-likeness (QED) is 0.836. The van der Waals surface area contributed by atoms with Gasteiger partial charge in [0.15, 0.2) is 0 Å². The summed E-state index contributed by atoms with van der Waals surface area (Å²) in [7, 11) is 0. The van der Waals surface area contributed by atoms with Crippen molar-refractivity contribution < 1.29 is 4.79 Å². The Bertz CT molecular complexity index is 479. The van der Waals surface area contributed by atoms with E-state index in [2.05, 4.69) is 5.43 Å². The van der Waals surface area contributed by atoms with Gasteiger partial charge in [-0.1, -0.05) is 30.3 Å². The van der Waals surface area contributed by atoms with Crippen LogP contribution in [0.25, 0.3) is 0 Å². The molecule has 0 saturated carbocycles. The Morgan fingerprint density at radius 3 is 2.50 bits per heavy atom. The fourth-order valence-electron chi connectivity index (χ4n) is 1.72. The van der Waals surface area contributed by atoms with Crippen LogP contribution >= 0.6 is 0 Å². The van der Waals surface area contributed by atoms with Gasteiger partial charge in [0.25, 0.3) is 5.91 Å². The lowest BCUT2D eigenvalue weighted by molar-refractivity contribution is -0.118. The average molecular weight is 243 g/mol. The number of nitrogens with one attached hydrogen (secondary N) is 1. The fraction of sp³-hybridized carbons (Fsp3) is 0.214. The number of nitrogens with two attached hydrogens (primary N) is 1. The minimum atomic E-state index is -0.493. The van der Waals surface area contributed by atoms with Crippen LogP contribution in [-0.2, 0) is 11.2 Å². The summed E-state index contributed by atoms with van der Waals surface area (Å²) >= 11 is 0. The number of amides is 1. The van der Waals surface area contributed by atoms with Crippen LogP contribution in [0.3, 0.4) is 0 Å². The molecular formula is C14H17N3O. The van der Waals surface area contributed by atoms with E-state index < -0.39 is 6.04 Å². The van der Waals surface area contributed by atoms with Gasteiger partial charge in [-0.2, -0.15) is 0 Å². The zero-order valence-electron chi connectivity index (χ0n) is 10.1. The van der Waals surface area contributed by atoms with Crippen molar-refractivity contribution in [3.05, 3.63) is 60.4 Å². The van der Waals surface area contributed by atoms with Gasteiger partial charge in [-0.05, 0) is 30.5 Å². The van der Waals surface area contributed by atoms with Crippen LogP contribution in [0.5, 0.6) is 0 Å². The average Bonchev–Trinajstić information content (AvgIpc) is 2.90. The Morgan fingerprint density at radius 1 is 1.17 bits per heavy atom. The van der Waals surface area contributed by atoms with Gasteiger partial charge in [-0.3, -0.25) is 14.9 Å². The molecule has 94 valence electrons. The van der Waals surface area contributed by atoms with E-state index >= 15 is 0 Å². The summed E-state index contributed by atoms with van der Waals surface area (Å²) in [6.07, 6.45) is 4.97. The fourth-order valence-corrected chi connectivity index (χ4v) is 1.72. The molecule has 18 heavy (non-hydrogen) atoms. The molecule has 1 aromatic heterocycles. The highest BCUT2D eigenvalue weighted by Gasteiger charge is 2.13. The minimum Gasteiger partial charge on any atom is -0.320 e. The minimum absolute atomic E-state index is 0.165. The third-order valence-corrected chi connectivity index (χ3v) is 2.77. The zero-order valence-corrected chi connectivity index (χ0v) is 10.1. The van der Waals surface area contributed by atoms with Crippen LogP contribution in [-0.4, -0.2) is 16.6 Å². The second-order valence-corrected chi connectivity index (χ2v) is 4.20. The van der Waals surface area contributed by atoms with E-state index in [9.17, 15) is 4.79 Å². The van der Waals surface area contributed by atoms with Gasteiger partial charge in [0.1, 0.15) is 0 Å². The van der Waals surface area contributed by atoms with Gasteiger partial charge >= 0.3 is 0 Å². The van der Waals surface area contributed by atoms with Crippen LogP contribution in [0, 0.1) is 0 Å². The maximum atomic E-state index is 11.8. The van der Waals surface area contributed by atoms with Crippen molar-refractivity contribution in [1.29, 1.82) is 0 Å². The molecule has 0 fully saturated rings. The molecule has 1 amide bonds. The molecule has 0 radical (unpaired) electrons. The first-order valence-electron chi connectivity index (χ1n) is 5.99. The highest BCUT2D eigenvalue weighted by molar-refractivity contribution is 5.88. The Morgan fingerprint density at radius 2 is 1.83 bits per heavy atom. The van der Waals surface area contributed by atoms with E-state index in [-0.39, 0.29) is 5.91 Å². The predicted octanol–water partition coefficient (Wildman–Crippen LogP) is 1.52. The van der Waals surface area contributed by atoms with Gasteiger partial charge < -0.3 is 5.73 Å². The van der Waals surface area contributed by atoms with Crippen LogP contribution in [0.1, 0.15) is 12.0 Å². The molecule has 4 heteroatoms. The number of nitrogens with zero attached hydrogens (tertiary/aromatic N) is 1. The van der Waals surface area contributed by atoms with Crippen LogP contribution in [0.15, 0.2) is 54.9 Å². The van der Waals surface area contributed by atoms with Gasteiger partial charge in [0, 0.05) is 12.4 Å². The monoisotopic (exact) mass is 243 g/mol. The number of hydrogen-bond donors (Lipinski definition) is 2. The Balaban J connectivity index is 1.81. The largest absolute Gasteiger partial charge is 0.320 e. The van der Waals surface area contributed by atoms with Crippen LogP contribution < -0.4 is 11.2 Å². The summed E-state index contributed by atoms with van der Waals surface area (Å²) < 4.78 is 1.60. The van der Waals surface area contributed by atoms with Crippen molar-refractivity contribution in [3.63, 3.8) is 0 Å². The SMILES string of the molecule is N[C@@H](CCc1ccccc1)C(=O)Nn1cccc1. The Labute approximate surface area is 106 Å². The molecule has 1 aromatic carbocycles. The van der Waals surface area contributed by atoms with E-state index in [1.807, 2.05) is 42.5 Å². The summed E-state index contributed by atoms with van der Waals surface area (Å²) in [5.41, 5.74) is 9.76. The molecule has 0 spiro atoms. The Kier molecular flexibility index (Phi) is 4.15. The van der Waals surface area contributed by atoms with Crippen LogP contribution in [0.2, 0.25) is 0 Å². The molecular weight excluding hydrogens is 226 g/mol. The van der Waals surface area contributed by atoms with Gasteiger partial charge in [0.2, 0.25) is 0 Å². The van der Waals surface area contributed by atoms with E-state index in [0.29, 0.717) is 6.42 Å². The number of aryl methyl sites for hydroxylation is 1. The number of benzene rings is 1. The third kappa shape index (κ3) is 3.46. The smallest absolute Gasteiger partial charge is 0.255 e. The second kappa shape index (κ2) is 6.02. The number of hydrogen-bond acceptors (Lipinski definition) is 2. The van der Waals surface area contributed by atoms with Crippen molar-refractivity contribution in [1.82, 2.24) is 4.68 Å². The number of carbonyl (C=O) groups excluding carboxylic acids is 1. The first-order valence-corrected chi connectivity index (χ1v) is 5.99. The summed E-state index contributed by atoms with van der Waals surface area (Å²) in [4.78, 5) is 11.8. The van der Waals surface area contributed by atoms with E-state index in [1.54, 1.807) is 17.1 Å². The lowest BCUT2D eigenvalue weighted by Crippen LogP contribution is -2.39. The standard InChI is InChI=1S/C14H17N3O/c15-13(9-8-12-6-2-1-3-7-12)14(18)16-17-10-4-5-11-17/h1-7,10-11,13H,8-9,15H2,(H,16,18)/t13-/m0/s1. The predicted molar refractivity (Wildman–Crippen MR) is 71.5 cm³/mol. The van der Waals surface area contributed by atoms with Crippen LogP contribution in [0.4, 0.5) is 0 Å². The van der Waals surface area contributed by atoms with E-state index in [0.717, 1.165) is 6.42 Å². The number of aromatic nitrogens is 1. The zero-order chi connectivity index (χ0) is 12.8. The molecule has 0 aliphatic heterocycles. The highest BCUT2D eigenvalue weighted by Crippen LogP contribution is 2.04. The van der Waals surface area contributed by atoms with E-state index in [4.69, 9.17) is 5.73 Å². The first kappa shape index (κ1) is 12.4. The summed E-state index contributed by atoms with van der Waals surface area (Å²) in [5.74, 6) is -0.165. The molecule has 0 bridgehead atoms. The number of carbonyl (C=O) groups is 1. The molecule has 0 unspecified atom stereocenters. The molecule has 1 atom stereocenters. The summed E-state index contributed by atoms with van der Waals surface area (Å²) in [5, 5.41) is 0.